The van der Waals surface area contributed by atoms with Gasteiger partial charge in [-0.1, -0.05) is 49.7 Å². The highest BCUT2D eigenvalue weighted by Crippen LogP contribution is 2.50. The molecule has 2 aromatic carbocycles. The first-order valence-corrected chi connectivity index (χ1v) is 10.4. The smallest absolute Gasteiger partial charge is 0.409 e. The summed E-state index contributed by atoms with van der Waals surface area (Å²) in [5.41, 5.74) is 0. The van der Waals surface area contributed by atoms with E-state index in [-0.39, 0.29) is 0 Å². The number of esters is 1. The van der Waals surface area contributed by atoms with Crippen molar-refractivity contribution >= 4 is 34.9 Å². The number of carbonyl (C=O) groups is 1. The SMILES string of the molecule is CCCCOC(=O)[C@H](C)N[P@@](=O)(Cl)Oc1cccc2ccccc12. The summed E-state index contributed by atoms with van der Waals surface area (Å²) < 4.78 is 23.0. The Morgan fingerprint density at radius 1 is 1.25 bits per heavy atom. The lowest BCUT2D eigenvalue weighted by Gasteiger charge is -2.19. The van der Waals surface area contributed by atoms with Crippen molar-refractivity contribution in [3.8, 4) is 5.75 Å². The number of nitrogens with one attached hydrogen (secondary N) is 1. The Labute approximate surface area is 146 Å². The largest absolute Gasteiger partial charge is 0.465 e. The number of unbranched alkanes of at least 4 members (excludes halogenated alkanes) is 1. The van der Waals surface area contributed by atoms with Crippen molar-refractivity contribution in [3.05, 3.63) is 42.5 Å². The van der Waals surface area contributed by atoms with Gasteiger partial charge in [0.15, 0.2) is 0 Å². The predicted molar refractivity (Wildman–Crippen MR) is 96.5 cm³/mol. The van der Waals surface area contributed by atoms with Crippen molar-refractivity contribution in [3.63, 3.8) is 0 Å². The van der Waals surface area contributed by atoms with Crippen LogP contribution in [0.1, 0.15) is 26.7 Å². The summed E-state index contributed by atoms with van der Waals surface area (Å²) >= 11 is 5.99. The summed E-state index contributed by atoms with van der Waals surface area (Å²) in [4.78, 5) is 11.8. The molecule has 2 rings (SSSR count). The lowest BCUT2D eigenvalue weighted by molar-refractivity contribution is -0.145. The second kappa shape index (κ2) is 8.52. The predicted octanol–water partition coefficient (Wildman–Crippen LogP) is 4.89. The summed E-state index contributed by atoms with van der Waals surface area (Å²) in [5, 5.41) is 4.26. The third kappa shape index (κ3) is 5.23. The molecule has 0 amide bonds. The van der Waals surface area contributed by atoms with E-state index in [0.717, 1.165) is 23.6 Å². The van der Waals surface area contributed by atoms with E-state index < -0.39 is 18.9 Å². The van der Waals surface area contributed by atoms with E-state index in [1.54, 1.807) is 12.1 Å². The number of fused-ring (bicyclic) bond motifs is 1. The molecule has 0 unspecified atom stereocenters. The molecule has 0 aromatic heterocycles. The molecule has 24 heavy (non-hydrogen) atoms. The van der Waals surface area contributed by atoms with E-state index >= 15 is 0 Å². The molecule has 0 saturated heterocycles. The molecular weight excluding hydrogens is 349 g/mol. The third-order valence-corrected chi connectivity index (χ3v) is 5.04. The number of benzene rings is 2. The lowest BCUT2D eigenvalue weighted by atomic mass is 10.1. The zero-order valence-electron chi connectivity index (χ0n) is 13.7. The number of ether oxygens (including phenoxy) is 1. The van der Waals surface area contributed by atoms with Gasteiger partial charge in [-0.3, -0.25) is 4.79 Å². The molecule has 130 valence electrons. The van der Waals surface area contributed by atoms with Crippen LogP contribution in [0.25, 0.3) is 10.8 Å². The van der Waals surface area contributed by atoms with Crippen LogP contribution in [-0.4, -0.2) is 18.6 Å². The molecule has 0 aliphatic carbocycles. The van der Waals surface area contributed by atoms with Gasteiger partial charge in [0, 0.05) is 16.6 Å². The Bertz CT molecular complexity index is 747. The molecule has 0 radical (unpaired) electrons. The average molecular weight is 370 g/mol. The Morgan fingerprint density at radius 3 is 2.71 bits per heavy atom. The summed E-state index contributed by atoms with van der Waals surface area (Å²) in [6, 6.07) is 12.1. The maximum atomic E-state index is 12.5. The minimum Gasteiger partial charge on any atom is -0.465 e. The van der Waals surface area contributed by atoms with Crippen LogP contribution in [0.5, 0.6) is 5.75 Å². The Morgan fingerprint density at radius 2 is 1.96 bits per heavy atom. The molecule has 7 heteroatoms. The summed E-state index contributed by atoms with van der Waals surface area (Å²) in [6.45, 7) is 0.123. The number of hydrogen-bond acceptors (Lipinski definition) is 4. The van der Waals surface area contributed by atoms with Gasteiger partial charge in [0.1, 0.15) is 11.8 Å². The van der Waals surface area contributed by atoms with Crippen molar-refractivity contribution < 1.29 is 18.6 Å². The molecule has 0 spiro atoms. The van der Waals surface area contributed by atoms with Crippen LogP contribution in [0.15, 0.2) is 42.5 Å². The maximum Gasteiger partial charge on any atom is 0.409 e. The molecule has 5 nitrogen and oxygen atoms in total. The summed E-state index contributed by atoms with van der Waals surface area (Å²) in [7, 11) is 0. The van der Waals surface area contributed by atoms with Gasteiger partial charge < -0.3 is 9.26 Å². The molecule has 0 aliphatic rings. The van der Waals surface area contributed by atoms with E-state index in [4.69, 9.17) is 20.5 Å². The van der Waals surface area contributed by atoms with E-state index in [1.807, 2.05) is 37.3 Å². The monoisotopic (exact) mass is 369 g/mol. The maximum absolute atomic E-state index is 12.5. The number of rotatable bonds is 8. The summed E-state index contributed by atoms with van der Waals surface area (Å²) in [6.07, 6.45) is 1.71. The fraction of sp³-hybridized carbons (Fsp3) is 0.353. The van der Waals surface area contributed by atoms with Gasteiger partial charge in [-0.05, 0) is 24.8 Å². The van der Waals surface area contributed by atoms with Gasteiger partial charge in [0.25, 0.3) is 0 Å². The van der Waals surface area contributed by atoms with Crippen molar-refractivity contribution in [2.24, 2.45) is 0 Å². The van der Waals surface area contributed by atoms with Crippen LogP contribution in [0.3, 0.4) is 0 Å². The minimum absolute atomic E-state index is 0.331. The molecule has 2 aromatic rings. The topological polar surface area (TPSA) is 64.6 Å². The standard InChI is InChI=1S/C17H21ClNO4P/c1-3-4-12-22-17(20)13(2)19-24(18,21)23-16-11-7-9-14-8-5-6-10-15(14)16/h5-11,13H,3-4,12H2,1-2H3,(H,19,21)/t13-,24+/m0/s1. The average Bonchev–Trinajstić information content (AvgIpc) is 2.54. The fourth-order valence-electron chi connectivity index (χ4n) is 2.15. The zero-order valence-corrected chi connectivity index (χ0v) is 15.3. The molecule has 0 aliphatic heterocycles. The van der Waals surface area contributed by atoms with Crippen molar-refractivity contribution in [2.45, 2.75) is 32.7 Å². The Hall–Kier alpha value is -1.55. The highest BCUT2D eigenvalue weighted by molar-refractivity contribution is 7.84. The summed E-state index contributed by atoms with van der Waals surface area (Å²) in [5.74, 6) is -0.115. The first-order chi connectivity index (χ1) is 11.4. The molecule has 0 saturated carbocycles. The molecular formula is C17H21ClNO4P. The van der Waals surface area contributed by atoms with E-state index in [2.05, 4.69) is 5.09 Å². The van der Waals surface area contributed by atoms with Gasteiger partial charge in [-0.2, -0.15) is 0 Å². The quantitative estimate of drug-likeness (QED) is 0.408. The second-order valence-corrected chi connectivity index (χ2v) is 8.16. The number of hydrogen-bond donors (Lipinski definition) is 1. The van der Waals surface area contributed by atoms with Crippen LogP contribution in [0.4, 0.5) is 0 Å². The number of carbonyl (C=O) groups excluding carboxylic acids is 1. The first kappa shape index (κ1) is 18.8. The second-order valence-electron chi connectivity index (χ2n) is 5.42. The van der Waals surface area contributed by atoms with E-state index in [0.29, 0.717) is 12.4 Å². The van der Waals surface area contributed by atoms with Crippen molar-refractivity contribution in [1.82, 2.24) is 5.09 Å². The third-order valence-electron chi connectivity index (χ3n) is 3.41. The van der Waals surface area contributed by atoms with Crippen LogP contribution >= 0.6 is 18.1 Å². The number of halogens is 1. The van der Waals surface area contributed by atoms with Crippen molar-refractivity contribution in [1.29, 1.82) is 0 Å². The normalized spacial score (nSPS) is 14.8. The van der Waals surface area contributed by atoms with Gasteiger partial charge >= 0.3 is 12.8 Å². The molecule has 0 bridgehead atoms. The lowest BCUT2D eigenvalue weighted by Crippen LogP contribution is -2.33. The molecule has 2 atom stereocenters. The van der Waals surface area contributed by atoms with Crippen LogP contribution < -0.4 is 9.61 Å². The molecule has 0 heterocycles. The Kier molecular flexibility index (Phi) is 6.67. The molecule has 1 N–H and O–H groups in total. The first-order valence-electron chi connectivity index (χ1n) is 7.84. The van der Waals surface area contributed by atoms with Gasteiger partial charge in [0.05, 0.1) is 6.61 Å². The highest BCUT2D eigenvalue weighted by atomic mass is 35.7. The van der Waals surface area contributed by atoms with Crippen LogP contribution in [0, 0.1) is 0 Å². The van der Waals surface area contributed by atoms with E-state index in [9.17, 15) is 9.36 Å². The van der Waals surface area contributed by atoms with Crippen molar-refractivity contribution in [2.75, 3.05) is 6.61 Å². The van der Waals surface area contributed by atoms with Gasteiger partial charge in [-0.25, -0.2) is 9.65 Å². The Balaban J connectivity index is 2.05. The van der Waals surface area contributed by atoms with Gasteiger partial charge in [-0.15, -0.1) is 0 Å². The van der Waals surface area contributed by atoms with Crippen LogP contribution in [0.2, 0.25) is 0 Å². The van der Waals surface area contributed by atoms with E-state index in [1.165, 1.54) is 6.92 Å². The fourth-order valence-corrected chi connectivity index (χ4v) is 3.85. The van der Waals surface area contributed by atoms with Gasteiger partial charge in [0.2, 0.25) is 0 Å². The molecule has 0 fully saturated rings. The van der Waals surface area contributed by atoms with Crippen LogP contribution in [-0.2, 0) is 14.1 Å². The zero-order chi connectivity index (χ0) is 17.6. The highest BCUT2D eigenvalue weighted by Gasteiger charge is 2.28. The minimum atomic E-state index is -3.75.